The van der Waals surface area contributed by atoms with Crippen molar-refractivity contribution in [1.29, 1.82) is 0 Å². The molecule has 2 aromatic carbocycles. The summed E-state index contributed by atoms with van der Waals surface area (Å²) in [4.78, 5) is 0.0515. The molecular formula is C19H22FNO4S2. The Balaban J connectivity index is 1.95. The number of benzene rings is 2. The van der Waals surface area contributed by atoms with Crippen LogP contribution in [0.25, 0.3) is 0 Å². The van der Waals surface area contributed by atoms with E-state index in [1.54, 1.807) is 19.2 Å². The molecule has 0 aliphatic heterocycles. The van der Waals surface area contributed by atoms with Crippen molar-refractivity contribution in [2.75, 3.05) is 19.8 Å². The highest BCUT2D eigenvalue weighted by Crippen LogP contribution is 2.35. The van der Waals surface area contributed by atoms with Crippen molar-refractivity contribution < 1.29 is 21.2 Å². The highest BCUT2D eigenvalue weighted by atomic mass is 32.2. The number of halogens is 1. The second-order valence-electron chi connectivity index (χ2n) is 6.95. The van der Waals surface area contributed by atoms with Crippen LogP contribution in [0.1, 0.15) is 29.9 Å². The third-order valence-corrected chi connectivity index (χ3v) is 8.04. The first-order valence-electron chi connectivity index (χ1n) is 8.64. The zero-order chi connectivity index (χ0) is 19.8. The van der Waals surface area contributed by atoms with Crippen molar-refractivity contribution >= 4 is 19.9 Å². The van der Waals surface area contributed by atoms with Gasteiger partial charge in [0.05, 0.1) is 16.0 Å². The summed E-state index contributed by atoms with van der Waals surface area (Å²) < 4.78 is 63.8. The van der Waals surface area contributed by atoms with Crippen LogP contribution >= 0.6 is 0 Å². The van der Waals surface area contributed by atoms with Gasteiger partial charge in [0.1, 0.15) is 5.82 Å². The van der Waals surface area contributed by atoms with Gasteiger partial charge < -0.3 is 0 Å². The van der Waals surface area contributed by atoms with E-state index in [1.807, 2.05) is 0 Å². The topological polar surface area (TPSA) is 71.5 Å². The molecule has 1 aliphatic carbocycles. The van der Waals surface area contributed by atoms with E-state index in [2.05, 4.69) is 0 Å². The molecule has 8 heteroatoms. The summed E-state index contributed by atoms with van der Waals surface area (Å²) in [6, 6.07) is 9.90. The number of hydrogen-bond acceptors (Lipinski definition) is 4. The number of nitrogens with zero attached hydrogens (tertiary/aromatic N) is 1. The van der Waals surface area contributed by atoms with Gasteiger partial charge in [0.2, 0.25) is 19.9 Å². The van der Waals surface area contributed by atoms with Crippen molar-refractivity contribution in [3.05, 3.63) is 59.4 Å². The minimum Gasteiger partial charge on any atom is -0.219 e. The predicted molar refractivity (Wildman–Crippen MR) is 101 cm³/mol. The zero-order valence-corrected chi connectivity index (χ0v) is 16.9. The molecule has 0 fully saturated rings. The summed E-state index contributed by atoms with van der Waals surface area (Å²) in [6.07, 6.45) is 3.62. The van der Waals surface area contributed by atoms with Crippen molar-refractivity contribution in [3.8, 4) is 0 Å². The Labute approximate surface area is 159 Å². The number of fused-ring (bicyclic) bond motifs is 1. The van der Waals surface area contributed by atoms with Crippen LogP contribution in [0.4, 0.5) is 4.39 Å². The average molecular weight is 412 g/mol. The fraction of sp³-hybridized carbons (Fsp3) is 0.368. The lowest BCUT2D eigenvalue weighted by molar-refractivity contribution is 0.412. The Morgan fingerprint density at radius 2 is 1.78 bits per heavy atom. The number of aryl methyl sites for hydroxylation is 1. The summed E-state index contributed by atoms with van der Waals surface area (Å²) in [5.41, 5.74) is 1.89. The van der Waals surface area contributed by atoms with Crippen molar-refractivity contribution in [2.45, 2.75) is 35.0 Å². The van der Waals surface area contributed by atoms with Gasteiger partial charge in [-0.15, -0.1) is 0 Å². The first-order valence-corrected chi connectivity index (χ1v) is 12.0. The highest BCUT2D eigenvalue weighted by Gasteiger charge is 2.26. The van der Waals surface area contributed by atoms with E-state index in [0.29, 0.717) is 6.54 Å². The van der Waals surface area contributed by atoms with Crippen LogP contribution in [-0.2, 0) is 26.3 Å². The van der Waals surface area contributed by atoms with Crippen LogP contribution in [0, 0.1) is 5.82 Å². The van der Waals surface area contributed by atoms with E-state index in [0.717, 1.165) is 36.5 Å². The number of rotatable bonds is 5. The standard InChI is InChI=1S/C19H22FNO4S2/c1-21(26(2,22)23)13-15-6-3-5-14-11-18(9-10-19(14)15)27(24,25)17-8-4-7-16(20)12-17/h4,7-12,15H,3,5-6,13H2,1-2H3. The normalized spacial score (nSPS) is 17.7. The van der Waals surface area contributed by atoms with E-state index in [-0.39, 0.29) is 15.7 Å². The van der Waals surface area contributed by atoms with Gasteiger partial charge in [-0.25, -0.2) is 25.5 Å². The first kappa shape index (κ1) is 20.0. The minimum atomic E-state index is -3.81. The summed E-state index contributed by atoms with van der Waals surface area (Å²) in [6.45, 7) is 0.363. The SMILES string of the molecule is CN(CC1CCCc2cc(S(=O)(=O)c3cccc(F)c3)ccc21)S(C)(=O)=O. The number of hydrogen-bond donors (Lipinski definition) is 0. The maximum absolute atomic E-state index is 13.4. The summed E-state index contributed by atoms with van der Waals surface area (Å²) in [7, 11) is -5.53. The Morgan fingerprint density at radius 1 is 1.07 bits per heavy atom. The molecule has 0 amide bonds. The summed E-state index contributed by atoms with van der Waals surface area (Å²) in [5, 5.41) is 0. The van der Waals surface area contributed by atoms with E-state index in [4.69, 9.17) is 0 Å². The second-order valence-corrected chi connectivity index (χ2v) is 11.0. The molecule has 5 nitrogen and oxygen atoms in total. The Kier molecular flexibility index (Phi) is 5.42. The van der Waals surface area contributed by atoms with Gasteiger partial charge in [-0.05, 0) is 66.6 Å². The molecular weight excluding hydrogens is 389 g/mol. The molecule has 27 heavy (non-hydrogen) atoms. The molecule has 0 spiro atoms. The van der Waals surface area contributed by atoms with Crippen LogP contribution in [-0.4, -0.2) is 41.0 Å². The molecule has 0 saturated heterocycles. The maximum Gasteiger partial charge on any atom is 0.210 e. The Morgan fingerprint density at radius 3 is 2.44 bits per heavy atom. The molecule has 0 heterocycles. The lowest BCUT2D eigenvalue weighted by atomic mass is 9.83. The van der Waals surface area contributed by atoms with Crippen LogP contribution in [0.5, 0.6) is 0 Å². The van der Waals surface area contributed by atoms with Gasteiger partial charge in [0, 0.05) is 13.6 Å². The lowest BCUT2D eigenvalue weighted by Gasteiger charge is -2.29. The highest BCUT2D eigenvalue weighted by molar-refractivity contribution is 7.91. The summed E-state index contributed by atoms with van der Waals surface area (Å²) >= 11 is 0. The van der Waals surface area contributed by atoms with Crippen molar-refractivity contribution in [1.82, 2.24) is 4.31 Å². The van der Waals surface area contributed by atoms with Gasteiger partial charge in [0.25, 0.3) is 0 Å². The van der Waals surface area contributed by atoms with Crippen molar-refractivity contribution in [2.24, 2.45) is 0 Å². The Bertz CT molecular complexity index is 1060. The first-order chi connectivity index (χ1) is 12.6. The van der Waals surface area contributed by atoms with Gasteiger partial charge in [-0.1, -0.05) is 12.1 Å². The van der Waals surface area contributed by atoms with Crippen LogP contribution in [0.3, 0.4) is 0 Å². The smallest absolute Gasteiger partial charge is 0.210 e. The minimum absolute atomic E-state index is 0.0272. The zero-order valence-electron chi connectivity index (χ0n) is 15.2. The molecule has 0 bridgehead atoms. The second kappa shape index (κ2) is 7.33. The number of sulfone groups is 1. The van der Waals surface area contributed by atoms with E-state index in [9.17, 15) is 21.2 Å². The average Bonchev–Trinajstić information content (AvgIpc) is 2.60. The number of sulfonamides is 1. The van der Waals surface area contributed by atoms with E-state index in [1.165, 1.54) is 34.8 Å². The van der Waals surface area contributed by atoms with Crippen molar-refractivity contribution in [3.63, 3.8) is 0 Å². The largest absolute Gasteiger partial charge is 0.219 e. The molecule has 0 N–H and O–H groups in total. The third-order valence-electron chi connectivity index (χ3n) is 5.01. The van der Waals surface area contributed by atoms with Gasteiger partial charge >= 0.3 is 0 Å². The third kappa shape index (κ3) is 4.23. The number of likely N-dealkylation sites (N-methyl/N-ethyl adjacent to an activating group) is 1. The predicted octanol–water partition coefficient (Wildman–Crippen LogP) is 2.97. The molecule has 2 aromatic rings. The quantitative estimate of drug-likeness (QED) is 0.758. The fourth-order valence-corrected chi connectivity index (χ4v) is 5.26. The van der Waals surface area contributed by atoms with E-state index < -0.39 is 25.7 Å². The molecule has 146 valence electrons. The fourth-order valence-electron chi connectivity index (χ4n) is 3.46. The van der Waals surface area contributed by atoms with E-state index >= 15 is 0 Å². The molecule has 0 saturated carbocycles. The van der Waals surface area contributed by atoms with Crippen LogP contribution in [0.2, 0.25) is 0 Å². The maximum atomic E-state index is 13.4. The molecule has 0 aromatic heterocycles. The Hall–Kier alpha value is -1.77. The van der Waals surface area contributed by atoms with Gasteiger partial charge in [-0.2, -0.15) is 0 Å². The lowest BCUT2D eigenvalue weighted by Crippen LogP contribution is -2.31. The van der Waals surface area contributed by atoms with Crippen LogP contribution in [0.15, 0.2) is 52.3 Å². The molecule has 3 rings (SSSR count). The van der Waals surface area contributed by atoms with Gasteiger partial charge in [0.15, 0.2) is 0 Å². The molecule has 1 aliphatic rings. The molecule has 1 atom stereocenters. The van der Waals surface area contributed by atoms with Crippen LogP contribution < -0.4 is 0 Å². The molecule has 0 radical (unpaired) electrons. The van der Waals surface area contributed by atoms with Gasteiger partial charge in [-0.3, -0.25) is 0 Å². The summed E-state index contributed by atoms with van der Waals surface area (Å²) in [5.74, 6) is -0.572. The molecule has 1 unspecified atom stereocenters. The monoisotopic (exact) mass is 411 g/mol.